The fourth-order valence-electron chi connectivity index (χ4n) is 2.09. The van der Waals surface area contributed by atoms with E-state index in [2.05, 4.69) is 21.2 Å². The molecule has 0 atom stereocenters. The lowest BCUT2D eigenvalue weighted by Gasteiger charge is -2.21. The van der Waals surface area contributed by atoms with E-state index in [9.17, 15) is 4.79 Å². The number of nitrogens with one attached hydrogen (secondary N) is 1. The predicted molar refractivity (Wildman–Crippen MR) is 81.3 cm³/mol. The quantitative estimate of drug-likeness (QED) is 0.918. The van der Waals surface area contributed by atoms with Crippen LogP contribution in [0, 0.1) is 12.8 Å². The van der Waals surface area contributed by atoms with Crippen LogP contribution in [0.1, 0.15) is 28.8 Å². The topological polar surface area (TPSA) is 29.1 Å². The van der Waals surface area contributed by atoms with Crippen molar-refractivity contribution in [1.29, 1.82) is 0 Å². The first-order chi connectivity index (χ1) is 8.66. The van der Waals surface area contributed by atoms with Crippen molar-refractivity contribution in [3.63, 3.8) is 0 Å². The van der Waals surface area contributed by atoms with Gasteiger partial charge in [-0.1, -0.05) is 6.07 Å². The average molecular weight is 328 g/mol. The number of hydrogen-bond donors (Lipinski definition) is 1. The van der Waals surface area contributed by atoms with Gasteiger partial charge in [0.05, 0.1) is 5.56 Å². The lowest BCUT2D eigenvalue weighted by Crippen LogP contribution is -2.31. The summed E-state index contributed by atoms with van der Waals surface area (Å²) in [5.74, 6) is 3.14. The van der Waals surface area contributed by atoms with Crippen molar-refractivity contribution in [2.24, 2.45) is 5.92 Å². The number of thioether (sulfide) groups is 1. The highest BCUT2D eigenvalue weighted by Crippen LogP contribution is 2.22. The molecule has 98 valence electrons. The van der Waals surface area contributed by atoms with E-state index in [1.54, 1.807) is 0 Å². The summed E-state index contributed by atoms with van der Waals surface area (Å²) in [6.45, 7) is 2.83. The molecule has 0 radical (unpaired) electrons. The molecule has 1 aliphatic rings. The van der Waals surface area contributed by atoms with E-state index < -0.39 is 0 Å². The van der Waals surface area contributed by atoms with Crippen LogP contribution in [0.4, 0.5) is 0 Å². The Morgan fingerprint density at radius 3 is 2.83 bits per heavy atom. The smallest absolute Gasteiger partial charge is 0.252 e. The highest BCUT2D eigenvalue weighted by atomic mass is 79.9. The zero-order valence-electron chi connectivity index (χ0n) is 10.5. The highest BCUT2D eigenvalue weighted by molar-refractivity contribution is 9.10. The molecule has 0 aromatic heterocycles. The lowest BCUT2D eigenvalue weighted by molar-refractivity contribution is 0.0945. The van der Waals surface area contributed by atoms with Crippen molar-refractivity contribution < 1.29 is 4.79 Å². The zero-order chi connectivity index (χ0) is 13.0. The molecule has 4 heteroatoms. The third kappa shape index (κ3) is 3.75. The summed E-state index contributed by atoms with van der Waals surface area (Å²) in [4.78, 5) is 12.1. The molecular formula is C14H18BrNOS. The summed E-state index contributed by atoms with van der Waals surface area (Å²) in [6, 6.07) is 5.83. The number of hydrogen-bond acceptors (Lipinski definition) is 2. The van der Waals surface area contributed by atoms with Gasteiger partial charge in [0.25, 0.3) is 5.91 Å². The van der Waals surface area contributed by atoms with Gasteiger partial charge in [0, 0.05) is 11.0 Å². The Kier molecular flexibility index (Phi) is 5.13. The molecule has 1 amide bonds. The number of halogens is 1. The number of rotatable bonds is 3. The first-order valence-electron chi connectivity index (χ1n) is 6.29. The summed E-state index contributed by atoms with van der Waals surface area (Å²) in [7, 11) is 0. The molecule has 1 fully saturated rings. The summed E-state index contributed by atoms with van der Waals surface area (Å²) in [5, 5.41) is 3.05. The maximum absolute atomic E-state index is 12.1. The van der Waals surface area contributed by atoms with E-state index in [-0.39, 0.29) is 5.91 Å². The largest absolute Gasteiger partial charge is 0.352 e. The summed E-state index contributed by atoms with van der Waals surface area (Å²) < 4.78 is 0.874. The van der Waals surface area contributed by atoms with Gasteiger partial charge >= 0.3 is 0 Å². The monoisotopic (exact) mass is 327 g/mol. The molecule has 1 N–H and O–H groups in total. The predicted octanol–water partition coefficient (Wildman–Crippen LogP) is 3.63. The molecule has 1 aromatic carbocycles. The molecule has 0 spiro atoms. The van der Waals surface area contributed by atoms with E-state index in [1.165, 1.54) is 24.3 Å². The molecule has 0 bridgehead atoms. The van der Waals surface area contributed by atoms with Gasteiger partial charge in [-0.2, -0.15) is 11.8 Å². The summed E-state index contributed by atoms with van der Waals surface area (Å²) in [6.07, 6.45) is 2.44. The maximum Gasteiger partial charge on any atom is 0.252 e. The average Bonchev–Trinajstić information content (AvgIpc) is 2.37. The van der Waals surface area contributed by atoms with Crippen molar-refractivity contribution >= 4 is 33.6 Å². The van der Waals surface area contributed by atoms with Crippen LogP contribution in [0.15, 0.2) is 22.7 Å². The van der Waals surface area contributed by atoms with E-state index in [0.717, 1.165) is 22.1 Å². The van der Waals surface area contributed by atoms with Crippen LogP contribution in [-0.2, 0) is 0 Å². The number of aryl methyl sites for hydroxylation is 1. The first-order valence-corrected chi connectivity index (χ1v) is 8.23. The fraction of sp³-hybridized carbons (Fsp3) is 0.500. The standard InChI is InChI=1S/C14H18BrNOS/c1-10-2-3-12(13(15)8-10)14(17)16-9-11-4-6-18-7-5-11/h2-3,8,11H,4-7,9H2,1H3,(H,16,17). The molecule has 2 rings (SSSR count). The highest BCUT2D eigenvalue weighted by Gasteiger charge is 2.16. The van der Waals surface area contributed by atoms with Crippen LogP contribution in [0.3, 0.4) is 0 Å². The van der Waals surface area contributed by atoms with Gasteiger partial charge in [-0.15, -0.1) is 0 Å². The Morgan fingerprint density at radius 1 is 1.44 bits per heavy atom. The Hall–Kier alpha value is -0.480. The summed E-state index contributed by atoms with van der Waals surface area (Å²) >= 11 is 5.46. The Bertz CT molecular complexity index is 430. The third-order valence-corrected chi connectivity index (χ3v) is 4.97. The third-order valence-electron chi connectivity index (χ3n) is 3.26. The number of benzene rings is 1. The molecule has 2 nitrogen and oxygen atoms in total. The van der Waals surface area contributed by atoms with Crippen molar-refractivity contribution in [3.8, 4) is 0 Å². The normalized spacial score (nSPS) is 16.6. The van der Waals surface area contributed by atoms with E-state index in [4.69, 9.17) is 0 Å². The summed E-state index contributed by atoms with van der Waals surface area (Å²) in [5.41, 5.74) is 1.88. The second-order valence-corrected chi connectivity index (χ2v) is 6.83. The van der Waals surface area contributed by atoms with Crippen LogP contribution in [0.25, 0.3) is 0 Å². The molecule has 1 aromatic rings. The van der Waals surface area contributed by atoms with Gasteiger partial charge in [0.2, 0.25) is 0 Å². The van der Waals surface area contributed by atoms with Crippen molar-refractivity contribution in [2.75, 3.05) is 18.1 Å². The Balaban J connectivity index is 1.90. The van der Waals surface area contributed by atoms with Gasteiger partial charge < -0.3 is 5.32 Å². The fourth-order valence-corrected chi connectivity index (χ4v) is 3.96. The van der Waals surface area contributed by atoms with Crippen molar-refractivity contribution in [3.05, 3.63) is 33.8 Å². The van der Waals surface area contributed by atoms with Gasteiger partial charge in [0.15, 0.2) is 0 Å². The minimum absolute atomic E-state index is 0.0279. The molecule has 1 aliphatic heterocycles. The van der Waals surface area contributed by atoms with Crippen LogP contribution >= 0.6 is 27.7 Å². The number of amides is 1. The molecule has 0 unspecified atom stereocenters. The van der Waals surface area contributed by atoms with Crippen LogP contribution in [0.2, 0.25) is 0 Å². The SMILES string of the molecule is Cc1ccc(C(=O)NCC2CCSCC2)c(Br)c1. The Labute approximate surface area is 121 Å². The van der Waals surface area contributed by atoms with Crippen LogP contribution in [-0.4, -0.2) is 24.0 Å². The minimum Gasteiger partial charge on any atom is -0.352 e. The molecular weight excluding hydrogens is 310 g/mol. The van der Waals surface area contributed by atoms with E-state index >= 15 is 0 Å². The van der Waals surface area contributed by atoms with Crippen LogP contribution in [0.5, 0.6) is 0 Å². The number of carbonyl (C=O) groups excluding carboxylic acids is 1. The Morgan fingerprint density at radius 2 is 2.17 bits per heavy atom. The van der Waals surface area contributed by atoms with Gasteiger partial charge in [-0.25, -0.2) is 0 Å². The molecule has 18 heavy (non-hydrogen) atoms. The molecule has 1 heterocycles. The van der Waals surface area contributed by atoms with Crippen molar-refractivity contribution in [1.82, 2.24) is 5.32 Å². The van der Waals surface area contributed by atoms with Crippen molar-refractivity contribution in [2.45, 2.75) is 19.8 Å². The molecule has 1 saturated heterocycles. The lowest BCUT2D eigenvalue weighted by atomic mass is 10.0. The second kappa shape index (κ2) is 6.62. The molecule has 0 aliphatic carbocycles. The zero-order valence-corrected chi connectivity index (χ0v) is 12.9. The van der Waals surface area contributed by atoms with Gasteiger partial charge in [0.1, 0.15) is 0 Å². The van der Waals surface area contributed by atoms with Gasteiger partial charge in [-0.05, 0) is 70.8 Å². The number of carbonyl (C=O) groups is 1. The van der Waals surface area contributed by atoms with Crippen LogP contribution < -0.4 is 5.32 Å². The van der Waals surface area contributed by atoms with Gasteiger partial charge in [-0.3, -0.25) is 4.79 Å². The first kappa shape index (κ1) is 13.9. The maximum atomic E-state index is 12.1. The van der Waals surface area contributed by atoms with E-state index in [1.807, 2.05) is 36.9 Å². The molecule has 0 saturated carbocycles. The van der Waals surface area contributed by atoms with E-state index in [0.29, 0.717) is 5.92 Å². The minimum atomic E-state index is 0.0279. The second-order valence-electron chi connectivity index (χ2n) is 4.75.